The molecule has 0 bridgehead atoms. The van der Waals surface area contributed by atoms with E-state index in [0.717, 1.165) is 50.3 Å². The van der Waals surface area contributed by atoms with Crippen molar-refractivity contribution in [1.82, 2.24) is 5.32 Å². The number of amides is 1. The van der Waals surface area contributed by atoms with Gasteiger partial charge in [0, 0.05) is 24.9 Å². The number of rotatable bonds is 7. The molecule has 2 aromatic carbocycles. The first kappa shape index (κ1) is 18.8. The number of ether oxygens (including phenoxy) is 2. The Hall–Kier alpha value is -2.53. The van der Waals surface area contributed by atoms with Crippen molar-refractivity contribution >= 4 is 5.91 Å². The van der Waals surface area contributed by atoms with Gasteiger partial charge in [-0.3, -0.25) is 4.79 Å². The first-order valence-electron chi connectivity index (χ1n) is 10.3. The van der Waals surface area contributed by atoms with Crippen molar-refractivity contribution in [3.05, 3.63) is 59.7 Å². The molecule has 2 aromatic rings. The van der Waals surface area contributed by atoms with Gasteiger partial charge < -0.3 is 19.7 Å². The summed E-state index contributed by atoms with van der Waals surface area (Å²) in [5, 5.41) is 3.10. The third kappa shape index (κ3) is 4.65. The van der Waals surface area contributed by atoms with Gasteiger partial charge in [-0.05, 0) is 36.6 Å². The van der Waals surface area contributed by atoms with Crippen LogP contribution >= 0.6 is 0 Å². The van der Waals surface area contributed by atoms with Gasteiger partial charge in [0.25, 0.3) is 5.91 Å². The summed E-state index contributed by atoms with van der Waals surface area (Å²) in [7, 11) is 0. The van der Waals surface area contributed by atoms with Crippen molar-refractivity contribution in [2.24, 2.45) is 0 Å². The standard InChI is InChI=1S/C23H28N2O3/c26-23(24-12-4-8-18-6-2-1-3-7-18)17-25-13-5-9-20(25)19-10-11-21-22(16-19)28-15-14-27-21/h1-3,6-7,10-11,16,20H,4-5,8-9,12-15,17H2,(H,24,26)/p+1/t20-/m1/s1. The van der Waals surface area contributed by atoms with Crippen molar-refractivity contribution in [2.45, 2.75) is 31.7 Å². The van der Waals surface area contributed by atoms with Gasteiger partial charge in [-0.2, -0.15) is 0 Å². The predicted octanol–water partition coefficient (Wildman–Crippen LogP) is 1.93. The molecule has 28 heavy (non-hydrogen) atoms. The fourth-order valence-corrected chi connectivity index (χ4v) is 4.24. The van der Waals surface area contributed by atoms with Crippen LogP contribution in [0.15, 0.2) is 48.5 Å². The number of quaternary nitrogens is 1. The summed E-state index contributed by atoms with van der Waals surface area (Å²) in [6, 6.07) is 17.0. The number of carbonyl (C=O) groups is 1. The molecule has 2 aliphatic heterocycles. The normalized spacial score (nSPS) is 20.7. The summed E-state index contributed by atoms with van der Waals surface area (Å²) in [6.07, 6.45) is 4.22. The zero-order valence-electron chi connectivity index (χ0n) is 16.3. The summed E-state index contributed by atoms with van der Waals surface area (Å²) in [6.45, 7) is 3.51. The molecular formula is C23H29N2O3+. The van der Waals surface area contributed by atoms with Crippen LogP contribution in [-0.4, -0.2) is 38.8 Å². The van der Waals surface area contributed by atoms with Crippen LogP contribution in [0.5, 0.6) is 11.5 Å². The Kier molecular flexibility index (Phi) is 6.12. The minimum absolute atomic E-state index is 0.146. The maximum Gasteiger partial charge on any atom is 0.275 e. The average Bonchev–Trinajstić information content (AvgIpc) is 3.19. The van der Waals surface area contributed by atoms with E-state index in [2.05, 4.69) is 41.7 Å². The van der Waals surface area contributed by atoms with E-state index in [1.54, 1.807) is 0 Å². The van der Waals surface area contributed by atoms with Gasteiger partial charge in [-0.25, -0.2) is 0 Å². The molecule has 2 atom stereocenters. The minimum Gasteiger partial charge on any atom is -0.486 e. The Morgan fingerprint density at radius 2 is 1.89 bits per heavy atom. The molecule has 2 aliphatic rings. The summed E-state index contributed by atoms with van der Waals surface area (Å²) in [5.41, 5.74) is 2.56. The smallest absolute Gasteiger partial charge is 0.275 e. The number of benzene rings is 2. The largest absolute Gasteiger partial charge is 0.486 e. The van der Waals surface area contributed by atoms with Gasteiger partial charge >= 0.3 is 0 Å². The lowest BCUT2D eigenvalue weighted by atomic mass is 10.0. The van der Waals surface area contributed by atoms with E-state index in [4.69, 9.17) is 9.47 Å². The molecule has 1 amide bonds. The molecule has 148 valence electrons. The van der Waals surface area contributed by atoms with Crippen molar-refractivity contribution in [1.29, 1.82) is 0 Å². The van der Waals surface area contributed by atoms with Crippen molar-refractivity contribution < 1.29 is 19.2 Å². The third-order valence-electron chi connectivity index (χ3n) is 5.65. The number of nitrogens with one attached hydrogen (secondary N) is 2. The molecule has 0 aromatic heterocycles. The second kappa shape index (κ2) is 9.11. The molecule has 1 fully saturated rings. The van der Waals surface area contributed by atoms with Crippen LogP contribution in [0.25, 0.3) is 0 Å². The predicted molar refractivity (Wildman–Crippen MR) is 108 cm³/mol. The fraction of sp³-hybridized carbons (Fsp3) is 0.435. The van der Waals surface area contributed by atoms with Crippen molar-refractivity contribution in [3.63, 3.8) is 0 Å². The summed E-state index contributed by atoms with van der Waals surface area (Å²) >= 11 is 0. The highest BCUT2D eigenvalue weighted by Crippen LogP contribution is 2.33. The second-order valence-corrected chi connectivity index (χ2v) is 7.62. The SMILES string of the molecule is O=C(C[NH+]1CCC[C@@H]1c1ccc2c(c1)OCCO2)NCCCc1ccccc1. The Bertz CT molecular complexity index is 794. The molecule has 1 saturated heterocycles. The maximum atomic E-state index is 12.4. The Morgan fingerprint density at radius 1 is 1.07 bits per heavy atom. The fourth-order valence-electron chi connectivity index (χ4n) is 4.24. The lowest BCUT2D eigenvalue weighted by Crippen LogP contribution is -3.11. The quantitative estimate of drug-likeness (QED) is 0.721. The van der Waals surface area contributed by atoms with Gasteiger partial charge in [0.1, 0.15) is 19.3 Å². The van der Waals surface area contributed by atoms with Crippen molar-refractivity contribution in [3.8, 4) is 11.5 Å². The van der Waals surface area contributed by atoms with Crippen LogP contribution in [0.2, 0.25) is 0 Å². The van der Waals surface area contributed by atoms with Crippen LogP contribution in [-0.2, 0) is 11.2 Å². The zero-order valence-corrected chi connectivity index (χ0v) is 16.3. The molecule has 5 heteroatoms. The van der Waals surface area contributed by atoms with E-state index >= 15 is 0 Å². The highest BCUT2D eigenvalue weighted by molar-refractivity contribution is 5.76. The topological polar surface area (TPSA) is 52.0 Å². The van der Waals surface area contributed by atoms with Crippen LogP contribution in [0.4, 0.5) is 0 Å². The minimum atomic E-state index is 0.146. The van der Waals surface area contributed by atoms with Gasteiger partial charge in [0.2, 0.25) is 0 Å². The second-order valence-electron chi connectivity index (χ2n) is 7.62. The molecule has 5 nitrogen and oxygen atoms in total. The van der Waals surface area contributed by atoms with E-state index in [0.29, 0.717) is 25.8 Å². The molecule has 0 radical (unpaired) electrons. The van der Waals surface area contributed by atoms with Gasteiger partial charge in [0.05, 0.1) is 6.54 Å². The maximum absolute atomic E-state index is 12.4. The molecule has 2 heterocycles. The first-order chi connectivity index (χ1) is 13.8. The molecule has 0 spiro atoms. The Labute approximate surface area is 166 Å². The Morgan fingerprint density at radius 3 is 2.75 bits per heavy atom. The highest BCUT2D eigenvalue weighted by atomic mass is 16.6. The molecule has 4 rings (SSSR count). The molecule has 1 unspecified atom stereocenters. The molecule has 2 N–H and O–H groups in total. The van der Waals surface area contributed by atoms with Crippen LogP contribution < -0.4 is 19.7 Å². The van der Waals surface area contributed by atoms with E-state index in [9.17, 15) is 4.79 Å². The molecular weight excluding hydrogens is 352 g/mol. The van der Waals surface area contributed by atoms with E-state index in [-0.39, 0.29) is 5.91 Å². The highest BCUT2D eigenvalue weighted by Gasteiger charge is 2.32. The molecule has 0 aliphatic carbocycles. The van der Waals surface area contributed by atoms with E-state index in [1.165, 1.54) is 16.0 Å². The summed E-state index contributed by atoms with van der Waals surface area (Å²) in [4.78, 5) is 13.8. The van der Waals surface area contributed by atoms with Gasteiger partial charge in [0.15, 0.2) is 18.0 Å². The first-order valence-corrected chi connectivity index (χ1v) is 10.3. The lowest BCUT2D eigenvalue weighted by molar-refractivity contribution is -0.910. The number of fused-ring (bicyclic) bond motifs is 1. The van der Waals surface area contributed by atoms with E-state index in [1.807, 2.05) is 12.1 Å². The Balaban J connectivity index is 1.27. The van der Waals surface area contributed by atoms with Crippen LogP contribution in [0.3, 0.4) is 0 Å². The third-order valence-corrected chi connectivity index (χ3v) is 5.65. The lowest BCUT2D eigenvalue weighted by Gasteiger charge is -2.24. The van der Waals surface area contributed by atoms with Crippen molar-refractivity contribution in [2.75, 3.05) is 32.8 Å². The van der Waals surface area contributed by atoms with Crippen LogP contribution in [0.1, 0.15) is 36.4 Å². The van der Waals surface area contributed by atoms with E-state index < -0.39 is 0 Å². The average molecular weight is 381 g/mol. The van der Waals surface area contributed by atoms with Crippen LogP contribution in [0, 0.1) is 0 Å². The molecule has 0 saturated carbocycles. The van der Waals surface area contributed by atoms with Gasteiger partial charge in [-0.1, -0.05) is 30.3 Å². The summed E-state index contributed by atoms with van der Waals surface area (Å²) < 4.78 is 11.4. The number of hydrogen-bond donors (Lipinski definition) is 2. The summed E-state index contributed by atoms with van der Waals surface area (Å²) in [5.74, 6) is 1.80. The monoisotopic (exact) mass is 381 g/mol. The zero-order chi connectivity index (χ0) is 19.2. The number of carbonyl (C=O) groups excluding carboxylic acids is 1. The van der Waals surface area contributed by atoms with Gasteiger partial charge in [-0.15, -0.1) is 0 Å². The number of aryl methyl sites for hydroxylation is 1. The number of likely N-dealkylation sites (tertiary alicyclic amines) is 1. The number of hydrogen-bond acceptors (Lipinski definition) is 3.